The molecule has 15 heavy (non-hydrogen) atoms. The number of benzene rings is 1. The van der Waals surface area contributed by atoms with Crippen molar-refractivity contribution in [3.05, 3.63) is 29.8 Å². The van der Waals surface area contributed by atoms with Gasteiger partial charge < -0.3 is 9.94 Å². The summed E-state index contributed by atoms with van der Waals surface area (Å²) in [6.07, 6.45) is 2.60. The Morgan fingerprint density at radius 3 is 2.60 bits per heavy atom. The summed E-state index contributed by atoms with van der Waals surface area (Å²) in [6.45, 7) is 2.59. The summed E-state index contributed by atoms with van der Waals surface area (Å²) in [5.74, 6) is 1.65. The van der Waals surface area contributed by atoms with Crippen LogP contribution in [0.2, 0.25) is 0 Å². The Hall–Kier alpha value is -1.51. The van der Waals surface area contributed by atoms with Gasteiger partial charge in [-0.25, -0.2) is 0 Å². The molecule has 1 N–H and O–H groups in total. The van der Waals surface area contributed by atoms with E-state index in [0.29, 0.717) is 5.71 Å². The second-order valence-corrected chi connectivity index (χ2v) is 3.96. The maximum absolute atomic E-state index is 8.60. The number of hydrogen-bond acceptors (Lipinski definition) is 3. The van der Waals surface area contributed by atoms with E-state index in [4.69, 9.17) is 9.94 Å². The molecule has 0 aliphatic heterocycles. The van der Waals surface area contributed by atoms with Crippen LogP contribution in [0, 0.1) is 5.92 Å². The molecular weight excluding hydrogens is 190 g/mol. The van der Waals surface area contributed by atoms with Gasteiger partial charge in [0.15, 0.2) is 0 Å². The average Bonchev–Trinajstić information content (AvgIpc) is 3.10. The smallest absolute Gasteiger partial charge is 0.119 e. The first-order valence-corrected chi connectivity index (χ1v) is 5.21. The van der Waals surface area contributed by atoms with Crippen molar-refractivity contribution in [2.75, 3.05) is 6.61 Å². The monoisotopic (exact) mass is 205 g/mol. The van der Waals surface area contributed by atoms with Crippen LogP contribution in [0.4, 0.5) is 0 Å². The molecule has 0 radical (unpaired) electrons. The van der Waals surface area contributed by atoms with Crippen LogP contribution in [0.5, 0.6) is 5.75 Å². The SMILES string of the molecule is C/C(=N\O)c1ccc(OCC2CC2)cc1. The van der Waals surface area contributed by atoms with Crippen molar-refractivity contribution in [3.63, 3.8) is 0 Å². The van der Waals surface area contributed by atoms with Gasteiger partial charge in [-0.3, -0.25) is 0 Å². The second kappa shape index (κ2) is 4.34. The quantitative estimate of drug-likeness (QED) is 0.466. The standard InChI is InChI=1S/C12H15NO2/c1-9(13-14)11-4-6-12(7-5-11)15-8-10-2-3-10/h4-7,10,14H,2-3,8H2,1H3/b13-9+. The van der Waals surface area contributed by atoms with Gasteiger partial charge in [0.1, 0.15) is 5.75 Å². The number of oxime groups is 1. The fraction of sp³-hybridized carbons (Fsp3) is 0.417. The summed E-state index contributed by atoms with van der Waals surface area (Å²) < 4.78 is 5.60. The Morgan fingerprint density at radius 2 is 2.07 bits per heavy atom. The molecule has 0 saturated heterocycles. The highest BCUT2D eigenvalue weighted by Gasteiger charge is 2.21. The van der Waals surface area contributed by atoms with Crippen molar-refractivity contribution >= 4 is 5.71 Å². The fourth-order valence-corrected chi connectivity index (χ4v) is 1.35. The van der Waals surface area contributed by atoms with E-state index in [1.54, 1.807) is 6.92 Å². The lowest BCUT2D eigenvalue weighted by atomic mass is 10.1. The number of hydrogen-bond donors (Lipinski definition) is 1. The van der Waals surface area contributed by atoms with E-state index in [1.807, 2.05) is 24.3 Å². The van der Waals surface area contributed by atoms with Crippen molar-refractivity contribution in [3.8, 4) is 5.75 Å². The predicted molar refractivity (Wildman–Crippen MR) is 58.7 cm³/mol. The van der Waals surface area contributed by atoms with Crippen LogP contribution in [0.1, 0.15) is 25.3 Å². The average molecular weight is 205 g/mol. The van der Waals surface area contributed by atoms with Gasteiger partial charge in [-0.05, 0) is 55.5 Å². The molecule has 1 aromatic carbocycles. The van der Waals surface area contributed by atoms with Crippen LogP contribution in [-0.2, 0) is 0 Å². The van der Waals surface area contributed by atoms with Crippen LogP contribution in [-0.4, -0.2) is 17.5 Å². The number of ether oxygens (including phenoxy) is 1. The summed E-state index contributed by atoms with van der Waals surface area (Å²) in [5.41, 5.74) is 1.53. The molecular formula is C12H15NO2. The summed E-state index contributed by atoms with van der Waals surface area (Å²) in [5, 5.41) is 11.7. The lowest BCUT2D eigenvalue weighted by Crippen LogP contribution is -1.99. The zero-order valence-electron chi connectivity index (χ0n) is 8.81. The molecule has 0 spiro atoms. The van der Waals surface area contributed by atoms with Crippen LogP contribution in [0.25, 0.3) is 0 Å². The molecule has 3 heteroatoms. The number of rotatable bonds is 4. The van der Waals surface area contributed by atoms with E-state index in [2.05, 4.69) is 5.16 Å². The maximum Gasteiger partial charge on any atom is 0.119 e. The number of nitrogens with zero attached hydrogens (tertiary/aromatic N) is 1. The zero-order valence-corrected chi connectivity index (χ0v) is 8.81. The van der Waals surface area contributed by atoms with Gasteiger partial charge in [-0.2, -0.15) is 0 Å². The third-order valence-corrected chi connectivity index (χ3v) is 2.60. The van der Waals surface area contributed by atoms with Gasteiger partial charge >= 0.3 is 0 Å². The highest BCUT2D eigenvalue weighted by atomic mass is 16.5. The Labute approximate surface area is 89.4 Å². The van der Waals surface area contributed by atoms with Crippen LogP contribution in [0.15, 0.2) is 29.4 Å². The first-order valence-electron chi connectivity index (χ1n) is 5.21. The highest BCUT2D eigenvalue weighted by Crippen LogP contribution is 2.29. The van der Waals surface area contributed by atoms with Crippen LogP contribution < -0.4 is 4.74 Å². The Balaban J connectivity index is 1.96. The van der Waals surface area contributed by atoms with E-state index in [9.17, 15) is 0 Å². The normalized spacial score (nSPS) is 16.5. The maximum atomic E-state index is 8.60. The molecule has 0 aromatic heterocycles. The molecule has 1 aliphatic rings. The van der Waals surface area contributed by atoms with Crippen LogP contribution in [0.3, 0.4) is 0 Å². The summed E-state index contributed by atoms with van der Waals surface area (Å²) >= 11 is 0. The Kier molecular flexibility index (Phi) is 2.90. The molecule has 1 aliphatic carbocycles. The Bertz CT molecular complexity index is 352. The van der Waals surface area contributed by atoms with Gasteiger partial charge in [-0.15, -0.1) is 0 Å². The molecule has 0 amide bonds. The van der Waals surface area contributed by atoms with E-state index < -0.39 is 0 Å². The first kappa shape index (κ1) is 10.0. The molecule has 1 fully saturated rings. The molecule has 3 nitrogen and oxygen atoms in total. The highest BCUT2D eigenvalue weighted by molar-refractivity contribution is 5.98. The van der Waals surface area contributed by atoms with Crippen molar-refractivity contribution in [2.45, 2.75) is 19.8 Å². The third-order valence-electron chi connectivity index (χ3n) is 2.60. The first-order chi connectivity index (χ1) is 7.29. The fourth-order valence-electron chi connectivity index (χ4n) is 1.35. The van der Waals surface area contributed by atoms with E-state index in [1.165, 1.54) is 12.8 Å². The predicted octanol–water partition coefficient (Wildman–Crippen LogP) is 2.67. The second-order valence-electron chi connectivity index (χ2n) is 3.96. The minimum Gasteiger partial charge on any atom is -0.493 e. The molecule has 80 valence electrons. The largest absolute Gasteiger partial charge is 0.493 e. The van der Waals surface area contributed by atoms with Gasteiger partial charge in [0.2, 0.25) is 0 Å². The van der Waals surface area contributed by atoms with Crippen molar-refractivity contribution in [2.24, 2.45) is 11.1 Å². The lowest BCUT2D eigenvalue weighted by Gasteiger charge is -2.05. The lowest BCUT2D eigenvalue weighted by molar-refractivity contribution is 0.299. The van der Waals surface area contributed by atoms with Crippen molar-refractivity contribution < 1.29 is 9.94 Å². The molecule has 1 aromatic rings. The summed E-state index contributed by atoms with van der Waals surface area (Å²) in [6, 6.07) is 7.62. The van der Waals surface area contributed by atoms with Crippen molar-refractivity contribution in [1.29, 1.82) is 0 Å². The Morgan fingerprint density at radius 1 is 1.40 bits per heavy atom. The van der Waals surface area contributed by atoms with Gasteiger partial charge in [-0.1, -0.05) is 5.16 Å². The summed E-state index contributed by atoms with van der Waals surface area (Å²) in [7, 11) is 0. The molecule has 0 unspecified atom stereocenters. The molecule has 0 atom stereocenters. The van der Waals surface area contributed by atoms with Crippen LogP contribution >= 0.6 is 0 Å². The third kappa shape index (κ3) is 2.72. The van der Waals surface area contributed by atoms with Gasteiger partial charge in [0.05, 0.1) is 12.3 Å². The van der Waals surface area contributed by atoms with Gasteiger partial charge in [0.25, 0.3) is 0 Å². The van der Waals surface area contributed by atoms with E-state index >= 15 is 0 Å². The van der Waals surface area contributed by atoms with Crippen molar-refractivity contribution in [1.82, 2.24) is 0 Å². The van der Waals surface area contributed by atoms with E-state index in [-0.39, 0.29) is 0 Å². The van der Waals surface area contributed by atoms with E-state index in [0.717, 1.165) is 23.8 Å². The minimum atomic E-state index is 0.615. The molecule has 0 heterocycles. The summed E-state index contributed by atoms with van der Waals surface area (Å²) in [4.78, 5) is 0. The molecule has 2 rings (SSSR count). The molecule has 1 saturated carbocycles. The minimum absolute atomic E-state index is 0.615. The molecule has 0 bridgehead atoms. The van der Waals surface area contributed by atoms with Gasteiger partial charge in [0, 0.05) is 0 Å². The zero-order chi connectivity index (χ0) is 10.7. The topological polar surface area (TPSA) is 41.8 Å².